The number of nitrogens with two attached hydrogens (primary N) is 1. The second-order valence-corrected chi connectivity index (χ2v) is 10.6. The maximum Gasteiger partial charge on any atom is 0.185 e. The molecular weight excluding hydrogens is 495 g/mol. The number of rotatable bonds is 7. The standard InChI is InChI=1S/C29H32F3N3O3/c1-15-9-16(10-23(33)28(15)38-4)19-7-8-34-14-17(19)11-25(36)24-6-5-20(30)27(35-24)26-21(31)12-18(13-22(26)32)29(2,3)37/h5-8,12-16,23,28,37H,9-11,33H2,1-4H3/t15-,16+,23+,28-/m0/s1. The van der Waals surface area contributed by atoms with Crippen molar-refractivity contribution < 1.29 is 27.8 Å². The van der Waals surface area contributed by atoms with Crippen LogP contribution in [-0.4, -0.2) is 40.1 Å². The monoisotopic (exact) mass is 527 g/mol. The van der Waals surface area contributed by atoms with Gasteiger partial charge in [0.15, 0.2) is 5.78 Å². The molecule has 9 heteroatoms. The molecule has 0 unspecified atom stereocenters. The molecule has 4 rings (SSSR count). The van der Waals surface area contributed by atoms with Gasteiger partial charge in [-0.25, -0.2) is 18.2 Å². The first-order valence-corrected chi connectivity index (χ1v) is 12.5. The van der Waals surface area contributed by atoms with Crippen LogP contribution in [0.15, 0.2) is 42.7 Å². The fourth-order valence-electron chi connectivity index (χ4n) is 5.40. The number of pyridine rings is 2. The van der Waals surface area contributed by atoms with Crippen LogP contribution in [0.2, 0.25) is 0 Å². The lowest BCUT2D eigenvalue weighted by Gasteiger charge is -2.38. The van der Waals surface area contributed by atoms with E-state index in [0.29, 0.717) is 12.0 Å². The first-order valence-electron chi connectivity index (χ1n) is 12.5. The van der Waals surface area contributed by atoms with Gasteiger partial charge in [0.1, 0.15) is 28.8 Å². The molecule has 1 aliphatic rings. The molecule has 6 nitrogen and oxygen atoms in total. The SMILES string of the molecule is CO[C@@H]1[C@H](N)C[C@H](c2ccncc2CC(=O)c2ccc(F)c(-c3c(F)cc(C(C)(C)O)cc3F)n2)C[C@@H]1C. The number of ether oxygens (including phenoxy) is 1. The Kier molecular flexibility index (Phi) is 8.01. The summed E-state index contributed by atoms with van der Waals surface area (Å²) in [5.74, 6) is -3.28. The highest BCUT2D eigenvalue weighted by molar-refractivity contribution is 5.96. The molecule has 0 amide bonds. The molecular formula is C29H32F3N3O3. The van der Waals surface area contributed by atoms with Crippen molar-refractivity contribution in [3.05, 3.63) is 82.6 Å². The molecule has 202 valence electrons. The summed E-state index contributed by atoms with van der Waals surface area (Å²) in [5, 5.41) is 10.1. The van der Waals surface area contributed by atoms with Gasteiger partial charge in [-0.2, -0.15) is 0 Å². The van der Waals surface area contributed by atoms with Crippen molar-refractivity contribution in [2.24, 2.45) is 11.7 Å². The van der Waals surface area contributed by atoms with Crippen LogP contribution in [-0.2, 0) is 16.8 Å². The van der Waals surface area contributed by atoms with Crippen molar-refractivity contribution >= 4 is 5.78 Å². The van der Waals surface area contributed by atoms with E-state index >= 15 is 0 Å². The van der Waals surface area contributed by atoms with Gasteiger partial charge in [-0.3, -0.25) is 9.78 Å². The summed E-state index contributed by atoms with van der Waals surface area (Å²) in [6.07, 6.45) is 4.68. The lowest BCUT2D eigenvalue weighted by Crippen LogP contribution is -2.45. The molecule has 3 N–H and O–H groups in total. The molecule has 0 radical (unpaired) electrons. The van der Waals surface area contributed by atoms with Gasteiger partial charge in [-0.15, -0.1) is 0 Å². The molecule has 0 saturated heterocycles. The largest absolute Gasteiger partial charge is 0.386 e. The van der Waals surface area contributed by atoms with Crippen molar-refractivity contribution in [2.45, 2.75) is 63.7 Å². The van der Waals surface area contributed by atoms with Crippen LogP contribution in [0.3, 0.4) is 0 Å². The Hall–Kier alpha value is -3.14. The molecule has 38 heavy (non-hydrogen) atoms. The Morgan fingerprint density at radius 1 is 1.13 bits per heavy atom. The highest BCUT2D eigenvalue weighted by Crippen LogP contribution is 2.38. The van der Waals surface area contributed by atoms with Gasteiger partial charge in [0.2, 0.25) is 0 Å². The summed E-state index contributed by atoms with van der Waals surface area (Å²) in [4.78, 5) is 21.4. The summed E-state index contributed by atoms with van der Waals surface area (Å²) in [5.41, 5.74) is 5.04. The smallest absolute Gasteiger partial charge is 0.185 e. The van der Waals surface area contributed by atoms with Gasteiger partial charge in [0.05, 0.1) is 17.3 Å². The molecule has 3 aromatic rings. The highest BCUT2D eigenvalue weighted by Gasteiger charge is 2.35. The van der Waals surface area contributed by atoms with E-state index in [1.165, 1.54) is 19.9 Å². The van der Waals surface area contributed by atoms with Gasteiger partial charge >= 0.3 is 0 Å². The number of nitrogens with zero attached hydrogens (tertiary/aromatic N) is 2. The van der Waals surface area contributed by atoms with Crippen molar-refractivity contribution in [1.82, 2.24) is 9.97 Å². The van der Waals surface area contributed by atoms with Crippen LogP contribution in [0.5, 0.6) is 0 Å². The van der Waals surface area contributed by atoms with E-state index in [1.807, 2.05) is 6.07 Å². The number of Topliss-reactive ketones (excluding diaryl/α,β-unsaturated/α-hetero) is 1. The van der Waals surface area contributed by atoms with E-state index in [-0.39, 0.29) is 41.7 Å². The third kappa shape index (κ3) is 5.65. The number of benzene rings is 1. The van der Waals surface area contributed by atoms with Crippen LogP contribution < -0.4 is 5.73 Å². The summed E-state index contributed by atoms with van der Waals surface area (Å²) >= 11 is 0. The summed E-state index contributed by atoms with van der Waals surface area (Å²) < 4.78 is 50.0. The van der Waals surface area contributed by atoms with E-state index in [0.717, 1.165) is 30.2 Å². The van der Waals surface area contributed by atoms with E-state index in [9.17, 15) is 23.1 Å². The predicted molar refractivity (Wildman–Crippen MR) is 137 cm³/mol. The third-order valence-electron chi connectivity index (χ3n) is 7.32. The number of carbonyl (C=O) groups excluding carboxylic acids is 1. The van der Waals surface area contributed by atoms with Crippen LogP contribution in [0.25, 0.3) is 11.3 Å². The lowest BCUT2D eigenvalue weighted by molar-refractivity contribution is 0.00970. The van der Waals surface area contributed by atoms with Crippen molar-refractivity contribution in [3.8, 4) is 11.3 Å². The number of halogens is 3. The Bertz CT molecular complexity index is 1310. The number of hydrogen-bond acceptors (Lipinski definition) is 6. The van der Waals surface area contributed by atoms with E-state index in [2.05, 4.69) is 16.9 Å². The number of aromatic nitrogens is 2. The number of ketones is 1. The van der Waals surface area contributed by atoms with E-state index < -0.39 is 40.1 Å². The summed E-state index contributed by atoms with van der Waals surface area (Å²) in [7, 11) is 1.65. The third-order valence-corrected chi connectivity index (χ3v) is 7.32. The zero-order chi connectivity index (χ0) is 27.8. The van der Waals surface area contributed by atoms with Crippen molar-refractivity contribution in [2.75, 3.05) is 7.11 Å². The molecule has 0 spiro atoms. The molecule has 1 saturated carbocycles. The summed E-state index contributed by atoms with van der Waals surface area (Å²) in [6, 6.07) is 5.74. The number of aliphatic hydroxyl groups is 1. The molecule has 0 aliphatic heterocycles. The first kappa shape index (κ1) is 27.9. The zero-order valence-electron chi connectivity index (χ0n) is 21.8. The van der Waals surface area contributed by atoms with Crippen LogP contribution in [0, 0.1) is 23.4 Å². The van der Waals surface area contributed by atoms with Gasteiger partial charge in [-0.1, -0.05) is 6.92 Å². The van der Waals surface area contributed by atoms with Crippen molar-refractivity contribution in [1.29, 1.82) is 0 Å². The minimum atomic E-state index is -1.50. The number of carbonyl (C=O) groups is 1. The first-order chi connectivity index (χ1) is 17.9. The van der Waals surface area contributed by atoms with Crippen LogP contribution in [0.1, 0.15) is 66.7 Å². The van der Waals surface area contributed by atoms with Crippen LogP contribution in [0.4, 0.5) is 13.2 Å². The van der Waals surface area contributed by atoms with Gasteiger partial charge < -0.3 is 15.6 Å². The minimum absolute atomic E-state index is 0.0124. The quantitative estimate of drug-likeness (QED) is 0.417. The van der Waals surface area contributed by atoms with Gasteiger partial charge in [0, 0.05) is 32.0 Å². The minimum Gasteiger partial charge on any atom is -0.386 e. The van der Waals surface area contributed by atoms with Gasteiger partial charge in [-0.05, 0) is 85.5 Å². The van der Waals surface area contributed by atoms with E-state index in [4.69, 9.17) is 10.5 Å². The molecule has 2 heterocycles. The fraction of sp³-hybridized carbons (Fsp3) is 0.414. The molecule has 2 aromatic heterocycles. The average molecular weight is 528 g/mol. The van der Waals surface area contributed by atoms with Crippen LogP contribution >= 0.6 is 0 Å². The molecule has 1 aliphatic carbocycles. The Morgan fingerprint density at radius 3 is 2.42 bits per heavy atom. The Morgan fingerprint density at radius 2 is 1.82 bits per heavy atom. The van der Waals surface area contributed by atoms with Crippen molar-refractivity contribution in [3.63, 3.8) is 0 Å². The topological polar surface area (TPSA) is 98.3 Å². The maximum atomic E-state index is 14.9. The predicted octanol–water partition coefficient (Wildman–Crippen LogP) is 5.07. The molecule has 1 fully saturated rings. The van der Waals surface area contributed by atoms with E-state index in [1.54, 1.807) is 19.5 Å². The summed E-state index contributed by atoms with van der Waals surface area (Å²) in [6.45, 7) is 4.84. The molecule has 0 bridgehead atoms. The maximum absolute atomic E-state index is 14.9. The number of hydrogen-bond donors (Lipinski definition) is 2. The second kappa shape index (κ2) is 10.9. The fourth-order valence-corrected chi connectivity index (χ4v) is 5.40. The number of methoxy groups -OCH3 is 1. The highest BCUT2D eigenvalue weighted by atomic mass is 19.1. The van der Waals surface area contributed by atoms with Gasteiger partial charge in [0.25, 0.3) is 0 Å². The molecule has 1 aromatic carbocycles. The average Bonchev–Trinajstić information content (AvgIpc) is 2.84. The second-order valence-electron chi connectivity index (χ2n) is 10.6. The normalized spacial score (nSPS) is 21.9. The lowest BCUT2D eigenvalue weighted by atomic mass is 9.73. The zero-order valence-corrected chi connectivity index (χ0v) is 21.8. The Labute approximate surface area is 220 Å². The Balaban J connectivity index is 1.63. The molecule has 4 atom stereocenters.